The third-order valence-corrected chi connectivity index (χ3v) is 2.75. The van der Waals surface area contributed by atoms with Crippen LogP contribution in [0.5, 0.6) is 0 Å². The average molecular weight is 283 g/mol. The highest BCUT2D eigenvalue weighted by Crippen LogP contribution is 2.10. The fraction of sp³-hybridized carbons (Fsp3) is 0. The van der Waals surface area contributed by atoms with Crippen molar-refractivity contribution >= 4 is 11.6 Å². The molecule has 0 spiro atoms. The van der Waals surface area contributed by atoms with Crippen molar-refractivity contribution < 1.29 is 9.18 Å². The van der Waals surface area contributed by atoms with E-state index >= 15 is 0 Å². The van der Waals surface area contributed by atoms with Gasteiger partial charge >= 0.3 is 0 Å². The first-order valence-corrected chi connectivity index (χ1v) is 6.11. The predicted octanol–water partition coefficient (Wildman–Crippen LogP) is 2.05. The van der Waals surface area contributed by atoms with Crippen LogP contribution in [-0.4, -0.2) is 25.7 Å². The van der Waals surface area contributed by atoms with Gasteiger partial charge in [0, 0.05) is 18.1 Å². The molecule has 1 N–H and O–H groups in total. The predicted molar refractivity (Wildman–Crippen MR) is 73.5 cm³/mol. The summed E-state index contributed by atoms with van der Waals surface area (Å²) in [6.07, 6.45) is 4.93. The first-order valence-electron chi connectivity index (χ1n) is 6.11. The molecule has 0 fully saturated rings. The lowest BCUT2D eigenvalue weighted by atomic mass is 10.3. The molecule has 0 aliphatic heterocycles. The molecule has 3 aromatic rings. The Balaban J connectivity index is 1.74. The zero-order valence-electron chi connectivity index (χ0n) is 10.8. The normalized spacial score (nSPS) is 10.3. The largest absolute Gasteiger partial charge is 0.321 e. The van der Waals surface area contributed by atoms with Gasteiger partial charge in [-0.25, -0.2) is 9.37 Å². The van der Waals surface area contributed by atoms with Crippen LogP contribution < -0.4 is 5.32 Å². The fourth-order valence-corrected chi connectivity index (χ4v) is 1.71. The van der Waals surface area contributed by atoms with E-state index in [1.54, 1.807) is 35.4 Å². The summed E-state index contributed by atoms with van der Waals surface area (Å²) in [5.74, 6) is -0.213. The average Bonchev–Trinajstić information content (AvgIpc) is 3.04. The molecule has 0 aliphatic carbocycles. The van der Waals surface area contributed by atoms with Crippen LogP contribution in [0.4, 0.5) is 10.1 Å². The molecule has 0 aliphatic rings. The smallest absolute Gasteiger partial charge is 0.276 e. The van der Waals surface area contributed by atoms with Crippen LogP contribution in [0.1, 0.15) is 10.5 Å². The Hall–Kier alpha value is -3.09. The van der Waals surface area contributed by atoms with Gasteiger partial charge in [0.05, 0.1) is 0 Å². The minimum Gasteiger partial charge on any atom is -0.321 e. The number of aromatic nitrogens is 4. The SMILES string of the molecule is O=C(Nc1ccc(F)cc1)c1ccc(-n2ccnc2)nn1. The van der Waals surface area contributed by atoms with Crippen molar-refractivity contribution in [3.63, 3.8) is 0 Å². The van der Waals surface area contributed by atoms with Crippen LogP contribution in [0.15, 0.2) is 55.1 Å². The van der Waals surface area contributed by atoms with Gasteiger partial charge in [-0.1, -0.05) is 0 Å². The zero-order valence-corrected chi connectivity index (χ0v) is 10.8. The summed E-state index contributed by atoms with van der Waals surface area (Å²) in [6.45, 7) is 0. The summed E-state index contributed by atoms with van der Waals surface area (Å²) >= 11 is 0. The van der Waals surface area contributed by atoms with Crippen molar-refractivity contribution in [3.05, 3.63) is 66.6 Å². The Morgan fingerprint density at radius 3 is 2.52 bits per heavy atom. The maximum atomic E-state index is 12.8. The highest BCUT2D eigenvalue weighted by atomic mass is 19.1. The molecule has 0 saturated heterocycles. The molecule has 0 radical (unpaired) electrons. The van der Waals surface area contributed by atoms with Gasteiger partial charge in [-0.05, 0) is 36.4 Å². The zero-order chi connectivity index (χ0) is 14.7. The second-order valence-electron chi connectivity index (χ2n) is 4.21. The number of benzene rings is 1. The summed E-state index contributed by atoms with van der Waals surface area (Å²) in [6, 6.07) is 8.70. The summed E-state index contributed by atoms with van der Waals surface area (Å²) in [5, 5.41) is 10.4. The second kappa shape index (κ2) is 5.49. The maximum absolute atomic E-state index is 12.8. The lowest BCUT2D eigenvalue weighted by molar-refractivity contribution is 0.102. The molecule has 0 bridgehead atoms. The third kappa shape index (κ3) is 2.92. The van der Waals surface area contributed by atoms with E-state index in [-0.39, 0.29) is 11.5 Å². The fourth-order valence-electron chi connectivity index (χ4n) is 1.71. The number of hydrogen-bond acceptors (Lipinski definition) is 4. The first kappa shape index (κ1) is 12.9. The van der Waals surface area contributed by atoms with E-state index in [4.69, 9.17) is 0 Å². The second-order valence-corrected chi connectivity index (χ2v) is 4.21. The molecule has 0 saturated carbocycles. The van der Waals surface area contributed by atoms with E-state index < -0.39 is 5.91 Å². The lowest BCUT2D eigenvalue weighted by Crippen LogP contribution is -2.14. The first-order chi connectivity index (χ1) is 10.2. The van der Waals surface area contributed by atoms with Crippen molar-refractivity contribution in [3.8, 4) is 5.82 Å². The molecule has 2 heterocycles. The van der Waals surface area contributed by atoms with Gasteiger partial charge in [0.25, 0.3) is 5.91 Å². The Morgan fingerprint density at radius 2 is 1.90 bits per heavy atom. The van der Waals surface area contributed by atoms with Crippen LogP contribution >= 0.6 is 0 Å². The number of carbonyl (C=O) groups is 1. The highest BCUT2D eigenvalue weighted by molar-refractivity contribution is 6.02. The van der Waals surface area contributed by atoms with E-state index in [9.17, 15) is 9.18 Å². The van der Waals surface area contributed by atoms with Crippen molar-refractivity contribution in [1.29, 1.82) is 0 Å². The number of hydrogen-bond donors (Lipinski definition) is 1. The van der Waals surface area contributed by atoms with Crippen LogP contribution in [0.3, 0.4) is 0 Å². The number of halogens is 1. The molecule has 1 aromatic carbocycles. The summed E-state index contributed by atoms with van der Waals surface area (Å²) in [4.78, 5) is 15.9. The summed E-state index contributed by atoms with van der Waals surface area (Å²) in [5.41, 5.74) is 0.657. The number of imidazole rings is 1. The third-order valence-electron chi connectivity index (χ3n) is 2.75. The minimum absolute atomic E-state index is 0.170. The number of amides is 1. The summed E-state index contributed by atoms with van der Waals surface area (Å²) < 4.78 is 14.5. The number of rotatable bonds is 3. The Kier molecular flexibility index (Phi) is 3.38. The molecule has 0 atom stereocenters. The Labute approximate surface area is 119 Å². The van der Waals surface area contributed by atoms with Gasteiger partial charge in [0.15, 0.2) is 11.5 Å². The van der Waals surface area contributed by atoms with Crippen molar-refractivity contribution in [2.75, 3.05) is 5.32 Å². The van der Waals surface area contributed by atoms with E-state index in [1.807, 2.05) is 0 Å². The molecule has 0 unspecified atom stereocenters. The van der Waals surface area contributed by atoms with Gasteiger partial charge in [-0.2, -0.15) is 0 Å². The quantitative estimate of drug-likeness (QED) is 0.798. The van der Waals surface area contributed by atoms with Crippen molar-refractivity contribution in [2.45, 2.75) is 0 Å². The summed E-state index contributed by atoms with van der Waals surface area (Å²) in [7, 11) is 0. The molecule has 3 rings (SSSR count). The number of carbonyl (C=O) groups excluding carboxylic acids is 1. The van der Waals surface area contributed by atoms with Crippen LogP contribution in [-0.2, 0) is 0 Å². The molecular weight excluding hydrogens is 273 g/mol. The lowest BCUT2D eigenvalue weighted by Gasteiger charge is -2.05. The van der Waals surface area contributed by atoms with Gasteiger partial charge in [-0.3, -0.25) is 9.36 Å². The molecule has 104 valence electrons. The van der Waals surface area contributed by atoms with Gasteiger partial charge in [0.2, 0.25) is 0 Å². The Morgan fingerprint density at radius 1 is 1.10 bits per heavy atom. The molecule has 2 aromatic heterocycles. The van der Waals surface area contributed by atoms with Crippen molar-refractivity contribution in [1.82, 2.24) is 19.7 Å². The van der Waals surface area contributed by atoms with Crippen LogP contribution in [0.2, 0.25) is 0 Å². The minimum atomic E-state index is -0.411. The van der Waals surface area contributed by atoms with Gasteiger partial charge in [0.1, 0.15) is 12.1 Å². The standard InChI is InChI=1S/C14H10FN5O/c15-10-1-3-11(4-2-10)17-14(21)12-5-6-13(19-18-12)20-8-7-16-9-20/h1-9H,(H,17,21). The van der Waals surface area contributed by atoms with Crippen molar-refractivity contribution in [2.24, 2.45) is 0 Å². The van der Waals surface area contributed by atoms with E-state index in [1.165, 1.54) is 24.3 Å². The highest BCUT2D eigenvalue weighted by Gasteiger charge is 2.09. The van der Waals surface area contributed by atoms with Gasteiger partial charge in [-0.15, -0.1) is 10.2 Å². The monoisotopic (exact) mass is 283 g/mol. The van der Waals surface area contributed by atoms with E-state index in [0.29, 0.717) is 11.5 Å². The topological polar surface area (TPSA) is 72.7 Å². The van der Waals surface area contributed by atoms with E-state index in [2.05, 4.69) is 20.5 Å². The van der Waals surface area contributed by atoms with Crippen LogP contribution in [0, 0.1) is 5.82 Å². The van der Waals surface area contributed by atoms with Gasteiger partial charge < -0.3 is 5.32 Å². The van der Waals surface area contributed by atoms with E-state index in [0.717, 1.165) is 0 Å². The number of nitrogens with zero attached hydrogens (tertiary/aromatic N) is 4. The molecule has 21 heavy (non-hydrogen) atoms. The maximum Gasteiger partial charge on any atom is 0.276 e. The Bertz CT molecular complexity index is 738. The number of anilines is 1. The molecule has 6 nitrogen and oxygen atoms in total. The number of nitrogens with one attached hydrogen (secondary N) is 1. The molecule has 7 heteroatoms. The van der Waals surface area contributed by atoms with Crippen LogP contribution in [0.25, 0.3) is 5.82 Å². The molecular formula is C14H10FN5O. The molecule has 1 amide bonds.